The van der Waals surface area contributed by atoms with Gasteiger partial charge in [0, 0.05) is 5.69 Å². The van der Waals surface area contributed by atoms with Crippen LogP contribution in [0.3, 0.4) is 0 Å². The van der Waals surface area contributed by atoms with Crippen LogP contribution in [0.5, 0.6) is 0 Å². The Morgan fingerprint density at radius 3 is 2.11 bits per heavy atom. The maximum atomic E-state index is 12.5. The number of sulfonamides is 1. The molecule has 0 aliphatic heterocycles. The summed E-state index contributed by atoms with van der Waals surface area (Å²) in [5.41, 5.74) is 3.63. The van der Waals surface area contributed by atoms with Gasteiger partial charge in [0.25, 0.3) is 0 Å². The van der Waals surface area contributed by atoms with Crippen molar-refractivity contribution < 1.29 is 13.2 Å². The van der Waals surface area contributed by atoms with E-state index >= 15 is 0 Å². The van der Waals surface area contributed by atoms with Crippen molar-refractivity contribution in [1.82, 2.24) is 14.9 Å². The second-order valence-corrected chi connectivity index (χ2v) is 8.96. The first-order valence-corrected chi connectivity index (χ1v) is 10.5. The molecule has 0 unspecified atom stereocenters. The lowest BCUT2D eigenvalue weighted by Crippen LogP contribution is -2.33. The van der Waals surface area contributed by atoms with E-state index in [9.17, 15) is 13.2 Å². The highest BCUT2D eigenvalue weighted by Crippen LogP contribution is 2.32. The first-order chi connectivity index (χ1) is 12.5. The number of carbonyl (C=O) groups excluding carboxylic acids is 1. The number of rotatable bonds is 7. The zero-order valence-electron chi connectivity index (χ0n) is 16.7. The summed E-state index contributed by atoms with van der Waals surface area (Å²) in [6, 6.07) is 5.94. The van der Waals surface area contributed by atoms with Gasteiger partial charge in [-0.25, -0.2) is 13.1 Å². The Labute approximate surface area is 161 Å². The van der Waals surface area contributed by atoms with Crippen LogP contribution in [0.2, 0.25) is 0 Å². The minimum Gasteiger partial charge on any atom is -0.324 e. The molecule has 1 aromatic carbocycles. The monoisotopic (exact) mass is 392 g/mol. The molecule has 0 fully saturated rings. The summed E-state index contributed by atoms with van der Waals surface area (Å²) in [7, 11) is -3.82. The van der Waals surface area contributed by atoms with Crippen LogP contribution < -0.4 is 10.0 Å². The second kappa shape index (κ2) is 8.22. The number of H-pyrrole nitrogens is 1. The maximum Gasteiger partial charge on any atom is 0.244 e. The van der Waals surface area contributed by atoms with Gasteiger partial charge in [-0.2, -0.15) is 5.10 Å². The van der Waals surface area contributed by atoms with Crippen LogP contribution in [0.1, 0.15) is 62.0 Å². The molecule has 0 spiro atoms. The number of hydrogen-bond donors (Lipinski definition) is 3. The molecule has 1 heterocycles. The van der Waals surface area contributed by atoms with Gasteiger partial charge in [-0.1, -0.05) is 45.9 Å². The zero-order valence-corrected chi connectivity index (χ0v) is 17.5. The van der Waals surface area contributed by atoms with Gasteiger partial charge in [0.15, 0.2) is 0 Å². The number of para-hydroxylation sites is 1. The lowest BCUT2D eigenvalue weighted by atomic mass is 9.92. The number of amides is 1. The Morgan fingerprint density at radius 1 is 1.11 bits per heavy atom. The third kappa shape index (κ3) is 4.75. The van der Waals surface area contributed by atoms with Crippen LogP contribution in [0.15, 0.2) is 23.1 Å². The van der Waals surface area contributed by atoms with Gasteiger partial charge in [-0.3, -0.25) is 9.89 Å². The van der Waals surface area contributed by atoms with E-state index in [0.29, 0.717) is 11.4 Å². The molecule has 3 N–H and O–H groups in total. The van der Waals surface area contributed by atoms with E-state index in [1.807, 2.05) is 18.2 Å². The average molecular weight is 393 g/mol. The molecule has 1 amide bonds. The summed E-state index contributed by atoms with van der Waals surface area (Å²) in [4.78, 5) is 12.6. The summed E-state index contributed by atoms with van der Waals surface area (Å²) in [6.07, 6.45) is 0. The predicted molar refractivity (Wildman–Crippen MR) is 106 cm³/mol. The highest BCUT2D eigenvalue weighted by molar-refractivity contribution is 7.89. The Morgan fingerprint density at radius 2 is 1.67 bits per heavy atom. The Balaban J connectivity index is 2.20. The molecule has 0 bridgehead atoms. The summed E-state index contributed by atoms with van der Waals surface area (Å²) in [6.45, 7) is 11.1. The van der Waals surface area contributed by atoms with Gasteiger partial charge < -0.3 is 5.32 Å². The van der Waals surface area contributed by atoms with E-state index in [4.69, 9.17) is 0 Å². The molecular weight excluding hydrogens is 364 g/mol. The lowest BCUT2D eigenvalue weighted by molar-refractivity contribution is -0.115. The lowest BCUT2D eigenvalue weighted by Gasteiger charge is -2.20. The number of benzene rings is 1. The van der Waals surface area contributed by atoms with Crippen molar-refractivity contribution in [2.24, 2.45) is 0 Å². The smallest absolute Gasteiger partial charge is 0.244 e. The van der Waals surface area contributed by atoms with Crippen molar-refractivity contribution in [2.75, 3.05) is 11.9 Å². The molecule has 0 saturated heterocycles. The standard InChI is InChI=1S/C19H28N4O3S/c1-11(2)15-8-7-9-16(12(3)4)18(15)21-17(24)10-20-27(25,26)19-13(5)22-23-14(19)6/h7-9,11-12,20H,10H2,1-6H3,(H,21,24)(H,22,23). The largest absolute Gasteiger partial charge is 0.324 e. The van der Waals surface area contributed by atoms with Gasteiger partial charge in [0.05, 0.1) is 17.9 Å². The number of nitrogens with one attached hydrogen (secondary N) is 3. The fourth-order valence-corrected chi connectivity index (χ4v) is 4.40. The van der Waals surface area contributed by atoms with Crippen LogP contribution >= 0.6 is 0 Å². The van der Waals surface area contributed by atoms with Crippen LogP contribution in [0.25, 0.3) is 0 Å². The molecular formula is C19H28N4O3S. The number of hydrogen-bond acceptors (Lipinski definition) is 4. The van der Waals surface area contributed by atoms with Crippen molar-refractivity contribution in [2.45, 2.75) is 58.3 Å². The molecule has 0 saturated carbocycles. The Bertz CT molecular complexity index is 885. The molecule has 148 valence electrons. The van der Waals surface area contributed by atoms with Gasteiger partial charge in [-0.15, -0.1) is 0 Å². The highest BCUT2D eigenvalue weighted by Gasteiger charge is 2.23. The molecule has 0 aliphatic carbocycles. The van der Waals surface area contributed by atoms with E-state index in [-0.39, 0.29) is 23.3 Å². The minimum atomic E-state index is -3.82. The Hall–Kier alpha value is -2.19. The van der Waals surface area contributed by atoms with E-state index in [1.165, 1.54) is 0 Å². The number of aromatic amines is 1. The third-order valence-corrected chi connectivity index (χ3v) is 6.05. The average Bonchev–Trinajstić information content (AvgIpc) is 2.92. The van der Waals surface area contributed by atoms with E-state index in [2.05, 4.69) is 47.9 Å². The Kier molecular flexibility index (Phi) is 6.43. The number of carbonyl (C=O) groups is 1. The van der Waals surface area contributed by atoms with Crippen LogP contribution in [-0.2, 0) is 14.8 Å². The quantitative estimate of drug-likeness (QED) is 0.673. The molecule has 1 aromatic heterocycles. The summed E-state index contributed by atoms with van der Waals surface area (Å²) in [5.74, 6) is 0.0474. The highest BCUT2D eigenvalue weighted by atomic mass is 32.2. The molecule has 2 rings (SSSR count). The first-order valence-electron chi connectivity index (χ1n) is 8.98. The SMILES string of the molecule is Cc1n[nH]c(C)c1S(=O)(=O)NCC(=O)Nc1c(C(C)C)cccc1C(C)C. The van der Waals surface area contributed by atoms with Crippen LogP contribution in [-0.4, -0.2) is 31.1 Å². The predicted octanol–water partition coefficient (Wildman–Crippen LogP) is 3.19. The maximum absolute atomic E-state index is 12.5. The molecule has 0 radical (unpaired) electrons. The van der Waals surface area contributed by atoms with E-state index < -0.39 is 15.9 Å². The topological polar surface area (TPSA) is 104 Å². The normalized spacial score (nSPS) is 12.0. The fourth-order valence-electron chi connectivity index (χ4n) is 3.05. The van der Waals surface area contributed by atoms with E-state index in [1.54, 1.807) is 13.8 Å². The summed E-state index contributed by atoms with van der Waals surface area (Å²) >= 11 is 0. The minimum absolute atomic E-state index is 0.0840. The van der Waals surface area contributed by atoms with Crippen LogP contribution in [0.4, 0.5) is 5.69 Å². The first kappa shape index (κ1) is 21.1. The van der Waals surface area contributed by atoms with Gasteiger partial charge in [0.1, 0.15) is 4.90 Å². The fraction of sp³-hybridized carbons (Fsp3) is 0.474. The van der Waals surface area contributed by atoms with Crippen molar-refractivity contribution in [1.29, 1.82) is 0 Å². The molecule has 0 aliphatic rings. The number of aromatic nitrogens is 2. The van der Waals surface area contributed by atoms with Crippen LogP contribution in [0, 0.1) is 13.8 Å². The molecule has 7 nitrogen and oxygen atoms in total. The summed E-state index contributed by atoms with van der Waals surface area (Å²) in [5, 5.41) is 9.43. The molecule has 27 heavy (non-hydrogen) atoms. The van der Waals surface area contributed by atoms with Gasteiger partial charge >= 0.3 is 0 Å². The van der Waals surface area contributed by atoms with Crippen molar-refractivity contribution in [3.05, 3.63) is 40.7 Å². The molecule has 0 atom stereocenters. The molecule has 8 heteroatoms. The van der Waals surface area contributed by atoms with E-state index in [0.717, 1.165) is 16.8 Å². The second-order valence-electron chi connectivity index (χ2n) is 7.26. The van der Waals surface area contributed by atoms with Crippen molar-refractivity contribution in [3.8, 4) is 0 Å². The molecule has 2 aromatic rings. The van der Waals surface area contributed by atoms with Crippen molar-refractivity contribution in [3.63, 3.8) is 0 Å². The third-order valence-electron chi connectivity index (χ3n) is 4.39. The number of anilines is 1. The zero-order chi connectivity index (χ0) is 20.4. The number of nitrogens with zero attached hydrogens (tertiary/aromatic N) is 1. The van der Waals surface area contributed by atoms with Gasteiger partial charge in [-0.05, 0) is 36.8 Å². The number of aryl methyl sites for hydroxylation is 2. The summed E-state index contributed by atoms with van der Waals surface area (Å²) < 4.78 is 27.3. The van der Waals surface area contributed by atoms with Crippen molar-refractivity contribution >= 4 is 21.6 Å². The van der Waals surface area contributed by atoms with Gasteiger partial charge in [0.2, 0.25) is 15.9 Å².